The number of nitrogens with zero attached hydrogens (tertiary/aromatic N) is 2. The first-order chi connectivity index (χ1) is 12.2. The van der Waals surface area contributed by atoms with Crippen molar-refractivity contribution in [3.8, 4) is 10.6 Å². The molecule has 3 rings (SSSR count). The SMILES string of the molecule is CCN[C@@H](Cc1ccc(CC)cc1)c1nnc(-c2cccc(C)c2)s1. The van der Waals surface area contributed by atoms with E-state index in [4.69, 9.17) is 0 Å². The maximum atomic E-state index is 4.48. The third-order valence-electron chi connectivity index (χ3n) is 4.33. The Morgan fingerprint density at radius 3 is 2.44 bits per heavy atom. The molecule has 1 aromatic heterocycles. The zero-order valence-electron chi connectivity index (χ0n) is 15.1. The number of aryl methyl sites for hydroxylation is 2. The molecule has 0 aliphatic heterocycles. The van der Waals surface area contributed by atoms with E-state index in [0.29, 0.717) is 0 Å². The predicted octanol–water partition coefficient (Wildman–Crippen LogP) is 4.97. The molecule has 0 aliphatic rings. The van der Waals surface area contributed by atoms with Gasteiger partial charge >= 0.3 is 0 Å². The predicted molar refractivity (Wildman–Crippen MR) is 106 cm³/mol. The lowest BCUT2D eigenvalue weighted by Gasteiger charge is -2.15. The number of likely N-dealkylation sites (N-methyl/N-ethyl adjacent to an activating group) is 1. The van der Waals surface area contributed by atoms with Crippen LogP contribution in [0.25, 0.3) is 10.6 Å². The van der Waals surface area contributed by atoms with Gasteiger partial charge in [-0.1, -0.05) is 73.2 Å². The third kappa shape index (κ3) is 4.53. The van der Waals surface area contributed by atoms with Gasteiger partial charge in [0.15, 0.2) is 0 Å². The molecular formula is C21H25N3S. The van der Waals surface area contributed by atoms with E-state index >= 15 is 0 Å². The second-order valence-electron chi connectivity index (χ2n) is 6.30. The molecule has 0 bridgehead atoms. The molecule has 130 valence electrons. The molecule has 0 radical (unpaired) electrons. The fraction of sp³-hybridized carbons (Fsp3) is 0.333. The summed E-state index contributed by atoms with van der Waals surface area (Å²) in [6.07, 6.45) is 2.01. The Morgan fingerprint density at radius 1 is 1.00 bits per heavy atom. The molecule has 2 aromatic carbocycles. The summed E-state index contributed by atoms with van der Waals surface area (Å²) in [5, 5.41) is 14.5. The monoisotopic (exact) mass is 351 g/mol. The first-order valence-corrected chi connectivity index (χ1v) is 9.73. The molecule has 1 atom stereocenters. The maximum absolute atomic E-state index is 4.48. The van der Waals surface area contributed by atoms with Crippen molar-refractivity contribution < 1.29 is 0 Å². The van der Waals surface area contributed by atoms with E-state index in [1.807, 2.05) is 0 Å². The van der Waals surface area contributed by atoms with E-state index in [2.05, 4.69) is 84.8 Å². The number of hydrogen-bond donors (Lipinski definition) is 1. The van der Waals surface area contributed by atoms with Crippen molar-refractivity contribution >= 4 is 11.3 Å². The van der Waals surface area contributed by atoms with Gasteiger partial charge in [0, 0.05) is 5.56 Å². The molecule has 0 spiro atoms. The second-order valence-corrected chi connectivity index (χ2v) is 7.31. The van der Waals surface area contributed by atoms with Crippen molar-refractivity contribution in [2.45, 2.75) is 39.7 Å². The van der Waals surface area contributed by atoms with Crippen molar-refractivity contribution in [1.29, 1.82) is 0 Å². The molecule has 3 aromatic rings. The van der Waals surface area contributed by atoms with Gasteiger partial charge in [0.2, 0.25) is 0 Å². The minimum atomic E-state index is 0.202. The lowest BCUT2D eigenvalue weighted by molar-refractivity contribution is 0.543. The number of benzene rings is 2. The molecule has 3 nitrogen and oxygen atoms in total. The molecule has 0 saturated carbocycles. The van der Waals surface area contributed by atoms with Gasteiger partial charge in [-0.05, 0) is 43.5 Å². The summed E-state index contributed by atoms with van der Waals surface area (Å²) in [6.45, 7) is 7.34. The van der Waals surface area contributed by atoms with E-state index in [9.17, 15) is 0 Å². The van der Waals surface area contributed by atoms with Gasteiger partial charge in [0.05, 0.1) is 6.04 Å². The first kappa shape index (κ1) is 17.8. The molecule has 0 unspecified atom stereocenters. The lowest BCUT2D eigenvalue weighted by atomic mass is 10.0. The summed E-state index contributed by atoms with van der Waals surface area (Å²) in [5.41, 5.74) is 5.09. The topological polar surface area (TPSA) is 37.8 Å². The first-order valence-electron chi connectivity index (χ1n) is 8.91. The highest BCUT2D eigenvalue weighted by Gasteiger charge is 2.17. The van der Waals surface area contributed by atoms with Crippen molar-refractivity contribution in [2.75, 3.05) is 6.54 Å². The minimum Gasteiger partial charge on any atom is -0.308 e. The molecule has 0 fully saturated rings. The van der Waals surface area contributed by atoms with Crippen LogP contribution in [0.2, 0.25) is 0 Å². The largest absolute Gasteiger partial charge is 0.308 e. The normalized spacial score (nSPS) is 12.3. The molecule has 0 aliphatic carbocycles. The minimum absolute atomic E-state index is 0.202. The average molecular weight is 352 g/mol. The van der Waals surface area contributed by atoms with Gasteiger partial charge in [-0.15, -0.1) is 10.2 Å². The highest BCUT2D eigenvalue weighted by Crippen LogP contribution is 2.29. The number of rotatable bonds is 7. The van der Waals surface area contributed by atoms with Gasteiger partial charge in [-0.2, -0.15) is 0 Å². The Balaban J connectivity index is 1.80. The summed E-state index contributed by atoms with van der Waals surface area (Å²) in [7, 11) is 0. The molecule has 1 heterocycles. The lowest BCUT2D eigenvalue weighted by Crippen LogP contribution is -2.22. The van der Waals surface area contributed by atoms with E-state index in [1.54, 1.807) is 11.3 Å². The smallest absolute Gasteiger partial charge is 0.147 e. The van der Waals surface area contributed by atoms with Crippen LogP contribution in [-0.2, 0) is 12.8 Å². The zero-order valence-corrected chi connectivity index (χ0v) is 15.9. The van der Waals surface area contributed by atoms with Crippen LogP contribution in [0, 0.1) is 6.92 Å². The van der Waals surface area contributed by atoms with Gasteiger partial charge in [-0.3, -0.25) is 0 Å². The van der Waals surface area contributed by atoms with Gasteiger partial charge < -0.3 is 5.32 Å². The van der Waals surface area contributed by atoms with E-state index in [-0.39, 0.29) is 6.04 Å². The molecule has 0 saturated heterocycles. The van der Waals surface area contributed by atoms with E-state index < -0.39 is 0 Å². The highest BCUT2D eigenvalue weighted by molar-refractivity contribution is 7.14. The quantitative estimate of drug-likeness (QED) is 0.653. The van der Waals surface area contributed by atoms with Crippen LogP contribution in [0.3, 0.4) is 0 Å². The van der Waals surface area contributed by atoms with E-state index in [0.717, 1.165) is 35.0 Å². The van der Waals surface area contributed by atoms with Crippen LogP contribution in [0.4, 0.5) is 0 Å². The Hall–Kier alpha value is -2.04. The maximum Gasteiger partial charge on any atom is 0.147 e. The van der Waals surface area contributed by atoms with Crippen molar-refractivity contribution in [2.24, 2.45) is 0 Å². The molecule has 0 amide bonds. The Kier molecular flexibility index (Phi) is 5.95. The average Bonchev–Trinajstić information content (AvgIpc) is 3.12. The molecule has 25 heavy (non-hydrogen) atoms. The molecule has 1 N–H and O–H groups in total. The van der Waals surface area contributed by atoms with Gasteiger partial charge in [-0.25, -0.2) is 0 Å². The highest BCUT2D eigenvalue weighted by atomic mass is 32.1. The van der Waals surface area contributed by atoms with Gasteiger partial charge in [0.25, 0.3) is 0 Å². The van der Waals surface area contributed by atoms with Crippen LogP contribution in [0.5, 0.6) is 0 Å². The summed E-state index contributed by atoms with van der Waals surface area (Å²) in [6, 6.07) is 17.5. The second kappa shape index (κ2) is 8.37. The molecule has 4 heteroatoms. The number of aromatic nitrogens is 2. The number of nitrogens with one attached hydrogen (secondary N) is 1. The summed E-state index contributed by atoms with van der Waals surface area (Å²) in [5.74, 6) is 0. The van der Waals surface area contributed by atoms with Crippen LogP contribution < -0.4 is 5.32 Å². The van der Waals surface area contributed by atoms with Crippen LogP contribution in [0.1, 0.15) is 41.6 Å². The van der Waals surface area contributed by atoms with Crippen molar-refractivity contribution in [3.05, 3.63) is 70.2 Å². The Bertz CT molecular complexity index is 808. The van der Waals surface area contributed by atoms with Crippen molar-refractivity contribution in [3.63, 3.8) is 0 Å². The molecular weight excluding hydrogens is 326 g/mol. The van der Waals surface area contributed by atoms with Crippen molar-refractivity contribution in [1.82, 2.24) is 15.5 Å². The van der Waals surface area contributed by atoms with Crippen LogP contribution >= 0.6 is 11.3 Å². The summed E-state index contributed by atoms with van der Waals surface area (Å²) in [4.78, 5) is 0. The zero-order chi connectivity index (χ0) is 17.6. The van der Waals surface area contributed by atoms with Gasteiger partial charge in [0.1, 0.15) is 10.0 Å². The Morgan fingerprint density at radius 2 is 1.76 bits per heavy atom. The number of hydrogen-bond acceptors (Lipinski definition) is 4. The van der Waals surface area contributed by atoms with E-state index in [1.165, 1.54) is 16.7 Å². The summed E-state index contributed by atoms with van der Waals surface area (Å²) >= 11 is 1.68. The summed E-state index contributed by atoms with van der Waals surface area (Å²) < 4.78 is 0. The third-order valence-corrected chi connectivity index (χ3v) is 5.41. The van der Waals surface area contributed by atoms with Crippen LogP contribution in [-0.4, -0.2) is 16.7 Å². The standard InChI is InChI=1S/C21H25N3S/c1-4-16-9-11-17(12-10-16)14-19(22-5-2)21-24-23-20(25-21)18-8-6-7-15(3)13-18/h6-13,19,22H,4-5,14H2,1-3H3/t19-/m0/s1. The van der Waals surface area contributed by atoms with Crippen LogP contribution in [0.15, 0.2) is 48.5 Å². The fourth-order valence-corrected chi connectivity index (χ4v) is 3.83. The fourth-order valence-electron chi connectivity index (χ4n) is 2.91. The Labute approximate surface area is 154 Å².